The number of benzene rings is 1. The minimum Gasteiger partial charge on any atom is -0.480 e. The van der Waals surface area contributed by atoms with E-state index >= 15 is 0 Å². The number of halogens is 1. The van der Waals surface area contributed by atoms with Gasteiger partial charge in [0.25, 0.3) is 0 Å². The predicted octanol–water partition coefficient (Wildman–Crippen LogP) is 0.582. The Morgan fingerprint density at radius 1 is 1.35 bits per heavy atom. The van der Waals surface area contributed by atoms with Gasteiger partial charge in [-0.25, -0.2) is 13.6 Å². The number of hydrogen-bond acceptors (Lipinski definition) is 5. The van der Waals surface area contributed by atoms with Gasteiger partial charge in [0, 0.05) is 11.7 Å². The summed E-state index contributed by atoms with van der Waals surface area (Å²) in [5, 5.41) is 14.4. The third kappa shape index (κ3) is 3.85. The van der Waals surface area contributed by atoms with E-state index in [1.165, 1.54) is 12.1 Å². The summed E-state index contributed by atoms with van der Waals surface area (Å²) in [7, 11) is -3.79. The molecule has 2 heterocycles. The highest BCUT2D eigenvalue weighted by Gasteiger charge is 2.36. The maximum atomic E-state index is 12.8. The monoisotopic (exact) mass is 403 g/mol. The number of anilines is 1. The summed E-state index contributed by atoms with van der Waals surface area (Å²) in [6.45, 7) is 2.51. The van der Waals surface area contributed by atoms with Crippen molar-refractivity contribution in [2.75, 3.05) is 18.0 Å². The summed E-state index contributed by atoms with van der Waals surface area (Å²) < 4.78 is 23.0. The smallest absolute Gasteiger partial charge is 0.320 e. The van der Waals surface area contributed by atoms with Crippen molar-refractivity contribution in [1.29, 1.82) is 0 Å². The minimum absolute atomic E-state index is 0. The summed E-state index contributed by atoms with van der Waals surface area (Å²) in [6.07, 6.45) is 1.84. The average Bonchev–Trinajstić information content (AvgIpc) is 3.08. The molecule has 3 rings (SSSR count). The Bertz CT molecular complexity index is 829. The molecule has 2 atom stereocenters. The van der Waals surface area contributed by atoms with Crippen LogP contribution in [0.4, 0.5) is 5.69 Å². The number of aliphatic carboxylic acids is 1. The fraction of sp³-hybridized carbons (Fsp3) is 0.500. The molecule has 1 aromatic carbocycles. The van der Waals surface area contributed by atoms with Gasteiger partial charge in [-0.05, 0) is 56.5 Å². The van der Waals surface area contributed by atoms with Crippen LogP contribution in [0.2, 0.25) is 0 Å². The molecule has 2 aliphatic rings. The molecule has 8 nitrogen and oxygen atoms in total. The van der Waals surface area contributed by atoms with Crippen LogP contribution in [0.5, 0.6) is 0 Å². The molecule has 2 aliphatic heterocycles. The summed E-state index contributed by atoms with van der Waals surface area (Å²) in [4.78, 5) is 27.4. The molecular weight excluding hydrogens is 382 g/mol. The molecule has 2 unspecified atom stereocenters. The van der Waals surface area contributed by atoms with Gasteiger partial charge < -0.3 is 10.0 Å². The molecule has 1 fully saturated rings. The van der Waals surface area contributed by atoms with Crippen molar-refractivity contribution in [3.8, 4) is 0 Å². The van der Waals surface area contributed by atoms with E-state index in [-0.39, 0.29) is 35.8 Å². The molecule has 1 aromatic rings. The van der Waals surface area contributed by atoms with Crippen LogP contribution >= 0.6 is 12.4 Å². The molecule has 0 saturated carbocycles. The van der Waals surface area contributed by atoms with Crippen molar-refractivity contribution in [3.63, 3.8) is 0 Å². The molecule has 144 valence electrons. The first-order valence-corrected chi connectivity index (χ1v) is 9.68. The Kier molecular flexibility index (Phi) is 5.96. The van der Waals surface area contributed by atoms with Crippen molar-refractivity contribution in [2.24, 2.45) is 5.14 Å². The lowest BCUT2D eigenvalue weighted by atomic mass is 10.1. The maximum Gasteiger partial charge on any atom is 0.320 e. The molecule has 0 aromatic heterocycles. The number of carbonyl (C=O) groups is 2. The fourth-order valence-corrected chi connectivity index (χ4v) is 4.27. The lowest BCUT2D eigenvalue weighted by Crippen LogP contribution is -2.46. The quantitative estimate of drug-likeness (QED) is 0.758. The average molecular weight is 404 g/mol. The van der Waals surface area contributed by atoms with E-state index in [9.17, 15) is 23.1 Å². The number of nitrogens with two attached hydrogens (primary N) is 1. The summed E-state index contributed by atoms with van der Waals surface area (Å²) >= 11 is 0. The summed E-state index contributed by atoms with van der Waals surface area (Å²) in [6, 6.07) is 3.75. The van der Waals surface area contributed by atoms with Gasteiger partial charge >= 0.3 is 5.97 Å². The van der Waals surface area contributed by atoms with E-state index in [4.69, 9.17) is 5.14 Å². The van der Waals surface area contributed by atoms with Crippen molar-refractivity contribution in [3.05, 3.63) is 23.8 Å². The number of hydrogen-bond donors (Lipinski definition) is 2. The second kappa shape index (κ2) is 7.51. The zero-order chi connectivity index (χ0) is 18.4. The number of amides is 1. The third-order valence-corrected chi connectivity index (χ3v) is 5.76. The highest BCUT2D eigenvalue weighted by molar-refractivity contribution is 7.89. The lowest BCUT2D eigenvalue weighted by Gasteiger charge is -2.27. The Morgan fingerprint density at radius 3 is 2.65 bits per heavy atom. The largest absolute Gasteiger partial charge is 0.480 e. The van der Waals surface area contributed by atoms with Crippen LogP contribution in [0.15, 0.2) is 23.1 Å². The molecule has 0 radical (unpaired) electrons. The van der Waals surface area contributed by atoms with Gasteiger partial charge in [-0.2, -0.15) is 0 Å². The van der Waals surface area contributed by atoms with E-state index in [1.807, 2.05) is 6.92 Å². The molecule has 10 heteroatoms. The Morgan fingerprint density at radius 2 is 2.04 bits per heavy atom. The van der Waals surface area contributed by atoms with Crippen LogP contribution in [0.25, 0.3) is 0 Å². The lowest BCUT2D eigenvalue weighted by molar-refractivity contribution is -0.142. The number of carboxylic acid groups (broad SMARTS) is 1. The highest BCUT2D eigenvalue weighted by Crippen LogP contribution is 2.34. The van der Waals surface area contributed by atoms with E-state index in [2.05, 4.69) is 0 Å². The number of nitrogens with zero attached hydrogens (tertiary/aromatic N) is 2. The van der Waals surface area contributed by atoms with Gasteiger partial charge in [0.1, 0.15) is 6.04 Å². The van der Waals surface area contributed by atoms with Gasteiger partial charge in [-0.15, -0.1) is 12.4 Å². The molecule has 1 amide bonds. The molecular formula is C16H22ClN3O5S. The number of carboxylic acids is 1. The van der Waals surface area contributed by atoms with Crippen LogP contribution in [0, 0.1) is 0 Å². The van der Waals surface area contributed by atoms with E-state index in [0.29, 0.717) is 25.1 Å². The van der Waals surface area contributed by atoms with Crippen LogP contribution in [0.1, 0.15) is 25.3 Å². The van der Waals surface area contributed by atoms with E-state index in [1.54, 1.807) is 15.9 Å². The highest BCUT2D eigenvalue weighted by atomic mass is 35.5. The van der Waals surface area contributed by atoms with E-state index in [0.717, 1.165) is 12.0 Å². The first kappa shape index (κ1) is 20.6. The van der Waals surface area contributed by atoms with Crippen molar-refractivity contribution in [1.82, 2.24) is 4.90 Å². The van der Waals surface area contributed by atoms with E-state index < -0.39 is 22.0 Å². The molecule has 1 saturated heterocycles. The zero-order valence-electron chi connectivity index (χ0n) is 14.3. The van der Waals surface area contributed by atoms with Crippen molar-refractivity contribution < 1.29 is 23.1 Å². The van der Waals surface area contributed by atoms with Crippen LogP contribution < -0.4 is 10.0 Å². The first-order chi connectivity index (χ1) is 11.7. The Balaban J connectivity index is 0.00000243. The number of carbonyl (C=O) groups excluding carboxylic acids is 1. The van der Waals surface area contributed by atoms with Crippen molar-refractivity contribution >= 4 is 40.0 Å². The number of sulfonamides is 1. The summed E-state index contributed by atoms with van der Waals surface area (Å²) in [5.41, 5.74) is 1.42. The standard InChI is InChI=1S/C16H21N3O5S.ClH/c1-10-7-11-8-12(25(17,23)24)4-5-13(11)19(10)15(20)9-18-6-2-3-14(18)16(21)22;/h4-5,8,10,14H,2-3,6-7,9H2,1H3,(H,21,22)(H2,17,23,24);1H. The second-order valence-corrected chi connectivity index (χ2v) is 8.18. The fourth-order valence-electron chi connectivity index (χ4n) is 3.71. The van der Waals surface area contributed by atoms with Gasteiger partial charge in [0.15, 0.2) is 0 Å². The second-order valence-electron chi connectivity index (χ2n) is 6.62. The van der Waals surface area contributed by atoms with Gasteiger partial charge in [-0.1, -0.05) is 0 Å². The van der Waals surface area contributed by atoms with Gasteiger partial charge in [0.05, 0.1) is 11.4 Å². The molecule has 26 heavy (non-hydrogen) atoms. The predicted molar refractivity (Wildman–Crippen MR) is 97.9 cm³/mol. The zero-order valence-corrected chi connectivity index (χ0v) is 15.9. The molecule has 0 aliphatic carbocycles. The van der Waals surface area contributed by atoms with Crippen LogP contribution in [0.3, 0.4) is 0 Å². The van der Waals surface area contributed by atoms with Gasteiger partial charge in [-0.3, -0.25) is 14.5 Å². The Hall–Kier alpha value is -1.68. The Labute approximate surface area is 158 Å². The third-order valence-electron chi connectivity index (χ3n) is 4.85. The molecule has 0 bridgehead atoms. The van der Waals surface area contributed by atoms with Crippen LogP contribution in [-0.4, -0.2) is 55.5 Å². The molecule has 3 N–H and O–H groups in total. The number of rotatable bonds is 4. The van der Waals surface area contributed by atoms with Gasteiger partial charge in [0.2, 0.25) is 15.9 Å². The number of likely N-dealkylation sites (tertiary alicyclic amines) is 1. The normalized spacial score (nSPS) is 22.8. The molecule has 0 spiro atoms. The minimum atomic E-state index is -3.79. The summed E-state index contributed by atoms with van der Waals surface area (Å²) in [5.74, 6) is -1.08. The van der Waals surface area contributed by atoms with Crippen molar-refractivity contribution in [2.45, 2.75) is 43.2 Å². The first-order valence-electron chi connectivity index (χ1n) is 8.13. The maximum absolute atomic E-state index is 12.8. The van der Waals surface area contributed by atoms with Crippen LogP contribution in [-0.2, 0) is 26.0 Å². The number of primary sulfonamides is 1. The number of fused-ring (bicyclic) bond motifs is 1. The SMILES string of the molecule is CC1Cc2cc(S(N)(=O)=O)ccc2N1C(=O)CN1CCCC1C(=O)O.Cl. The topological polar surface area (TPSA) is 121 Å².